The second-order valence-corrected chi connectivity index (χ2v) is 5.26. The molecule has 1 aromatic carbocycles. The highest BCUT2D eigenvalue weighted by molar-refractivity contribution is 7.91. The van der Waals surface area contributed by atoms with Crippen LogP contribution in [-0.2, 0) is 21.6 Å². The Labute approximate surface area is 123 Å². The van der Waals surface area contributed by atoms with Crippen molar-refractivity contribution in [1.82, 2.24) is 4.72 Å². The average molecular weight is 318 g/mol. The van der Waals surface area contributed by atoms with Gasteiger partial charge in [0.15, 0.2) is 0 Å². The Morgan fingerprint density at radius 3 is 2.57 bits per heavy atom. The number of aliphatic hydroxyl groups excluding tert-OH is 1. The van der Waals surface area contributed by atoms with Gasteiger partial charge in [-0.2, -0.15) is 8.42 Å². The lowest BCUT2D eigenvalue weighted by Crippen LogP contribution is -2.35. The molecule has 0 radical (unpaired) electrons. The number of benzene rings is 1. The smallest absolute Gasteiger partial charge is 0.422 e. The van der Waals surface area contributed by atoms with Crippen molar-refractivity contribution in [2.75, 3.05) is 17.9 Å². The zero-order chi connectivity index (χ0) is 15.9. The molecular weight excluding hydrogens is 300 g/mol. The van der Waals surface area contributed by atoms with Gasteiger partial charge < -0.3 is 14.6 Å². The SMILES string of the molecule is CCOC(=O)NS(=O)(=O)Nc1ccc(OCC)c(CO)c1. The maximum absolute atomic E-state index is 11.7. The zero-order valence-corrected chi connectivity index (χ0v) is 12.6. The van der Waals surface area contributed by atoms with Crippen LogP contribution in [0.4, 0.5) is 10.5 Å². The molecule has 0 aliphatic heterocycles. The van der Waals surface area contributed by atoms with Gasteiger partial charge in [0.25, 0.3) is 0 Å². The van der Waals surface area contributed by atoms with Gasteiger partial charge in [0.1, 0.15) is 5.75 Å². The first-order valence-corrected chi connectivity index (χ1v) is 7.74. The molecule has 1 aromatic rings. The van der Waals surface area contributed by atoms with E-state index in [-0.39, 0.29) is 18.9 Å². The predicted octanol–water partition coefficient (Wildman–Crippen LogP) is 0.980. The number of ether oxygens (including phenoxy) is 2. The van der Waals surface area contributed by atoms with Gasteiger partial charge in [-0.05, 0) is 32.0 Å². The molecule has 0 spiro atoms. The van der Waals surface area contributed by atoms with Gasteiger partial charge >= 0.3 is 16.3 Å². The maximum Gasteiger partial charge on any atom is 0.422 e. The first-order chi connectivity index (χ1) is 9.91. The minimum absolute atomic E-state index is 0.0546. The van der Waals surface area contributed by atoms with E-state index in [1.54, 1.807) is 18.6 Å². The zero-order valence-electron chi connectivity index (χ0n) is 11.8. The van der Waals surface area contributed by atoms with Crippen LogP contribution in [0.5, 0.6) is 5.75 Å². The van der Waals surface area contributed by atoms with Crippen LogP contribution < -0.4 is 14.2 Å². The monoisotopic (exact) mass is 318 g/mol. The topological polar surface area (TPSA) is 114 Å². The van der Waals surface area contributed by atoms with Crippen molar-refractivity contribution in [2.45, 2.75) is 20.5 Å². The minimum atomic E-state index is -4.10. The highest BCUT2D eigenvalue weighted by atomic mass is 32.2. The van der Waals surface area contributed by atoms with Crippen molar-refractivity contribution in [3.8, 4) is 5.75 Å². The van der Waals surface area contributed by atoms with Crippen LogP contribution >= 0.6 is 0 Å². The molecule has 0 heterocycles. The summed E-state index contributed by atoms with van der Waals surface area (Å²) in [5.74, 6) is 0.460. The molecule has 3 N–H and O–H groups in total. The Morgan fingerprint density at radius 2 is 2.00 bits per heavy atom. The Balaban J connectivity index is 2.85. The maximum atomic E-state index is 11.7. The van der Waals surface area contributed by atoms with Crippen LogP contribution in [0.1, 0.15) is 19.4 Å². The number of anilines is 1. The molecule has 1 rings (SSSR count). The van der Waals surface area contributed by atoms with Crippen LogP contribution in [-0.4, -0.2) is 32.8 Å². The lowest BCUT2D eigenvalue weighted by molar-refractivity contribution is 0.159. The quantitative estimate of drug-likeness (QED) is 0.690. The van der Waals surface area contributed by atoms with Crippen LogP contribution in [0, 0.1) is 0 Å². The highest BCUT2D eigenvalue weighted by Gasteiger charge is 2.15. The minimum Gasteiger partial charge on any atom is -0.494 e. The Hall–Kier alpha value is -2.00. The van der Waals surface area contributed by atoms with Gasteiger partial charge in [0.2, 0.25) is 0 Å². The molecule has 0 saturated carbocycles. The number of hydrogen-bond donors (Lipinski definition) is 3. The number of aliphatic hydroxyl groups is 1. The third-order valence-corrected chi connectivity index (χ3v) is 3.22. The number of carbonyl (C=O) groups is 1. The van der Waals surface area contributed by atoms with Gasteiger partial charge in [-0.3, -0.25) is 4.72 Å². The lowest BCUT2D eigenvalue weighted by Gasteiger charge is -2.12. The summed E-state index contributed by atoms with van der Waals surface area (Å²) in [5.41, 5.74) is 0.604. The molecule has 0 bridgehead atoms. The van der Waals surface area contributed by atoms with E-state index in [2.05, 4.69) is 9.46 Å². The molecule has 0 aliphatic rings. The number of nitrogens with one attached hydrogen (secondary N) is 2. The van der Waals surface area contributed by atoms with Gasteiger partial charge in [-0.25, -0.2) is 9.52 Å². The van der Waals surface area contributed by atoms with Gasteiger partial charge in [-0.15, -0.1) is 0 Å². The number of rotatable bonds is 7. The third-order valence-electron chi connectivity index (χ3n) is 2.28. The molecule has 21 heavy (non-hydrogen) atoms. The molecule has 1 amide bonds. The average Bonchev–Trinajstić information content (AvgIpc) is 2.39. The van der Waals surface area contributed by atoms with Crippen molar-refractivity contribution in [1.29, 1.82) is 0 Å². The third kappa shape index (κ3) is 5.48. The van der Waals surface area contributed by atoms with E-state index in [0.717, 1.165) is 0 Å². The number of hydrogen-bond acceptors (Lipinski definition) is 6. The molecule has 0 aliphatic carbocycles. The van der Waals surface area contributed by atoms with Crippen LogP contribution in [0.3, 0.4) is 0 Å². The predicted molar refractivity (Wildman–Crippen MR) is 76.2 cm³/mol. The Kier molecular flexibility index (Phi) is 6.25. The van der Waals surface area contributed by atoms with Crippen LogP contribution in [0.25, 0.3) is 0 Å². The first kappa shape index (κ1) is 17.1. The Morgan fingerprint density at radius 1 is 1.29 bits per heavy atom. The summed E-state index contributed by atoms with van der Waals surface area (Å²) in [6.07, 6.45) is -1.07. The fourth-order valence-electron chi connectivity index (χ4n) is 1.51. The summed E-state index contributed by atoms with van der Waals surface area (Å²) in [5, 5.41) is 9.24. The highest BCUT2D eigenvalue weighted by Crippen LogP contribution is 2.23. The fourth-order valence-corrected chi connectivity index (χ4v) is 2.28. The second kappa shape index (κ2) is 7.70. The van der Waals surface area contributed by atoms with Gasteiger partial charge in [0, 0.05) is 5.56 Å². The molecular formula is C12H18N2O6S. The van der Waals surface area contributed by atoms with Crippen molar-refractivity contribution >= 4 is 22.0 Å². The molecule has 0 atom stereocenters. The summed E-state index contributed by atoms with van der Waals surface area (Å²) < 4.78 is 37.0. The normalized spacial score (nSPS) is 10.8. The lowest BCUT2D eigenvalue weighted by atomic mass is 10.2. The molecule has 0 fully saturated rings. The molecule has 118 valence electrons. The fraction of sp³-hybridized carbons (Fsp3) is 0.417. The summed E-state index contributed by atoms with van der Waals surface area (Å²) in [6, 6.07) is 4.39. The van der Waals surface area contributed by atoms with E-state index in [1.807, 2.05) is 0 Å². The van der Waals surface area contributed by atoms with Gasteiger partial charge in [-0.1, -0.05) is 0 Å². The summed E-state index contributed by atoms with van der Waals surface area (Å²) in [6.45, 7) is 3.51. The van der Waals surface area contributed by atoms with E-state index in [1.165, 1.54) is 18.2 Å². The van der Waals surface area contributed by atoms with E-state index in [9.17, 15) is 18.3 Å². The van der Waals surface area contributed by atoms with Crippen molar-refractivity contribution in [3.05, 3.63) is 23.8 Å². The molecule has 0 saturated heterocycles. The second-order valence-electron chi connectivity index (χ2n) is 3.84. The summed E-state index contributed by atoms with van der Waals surface area (Å²) in [4.78, 5) is 11.1. The van der Waals surface area contributed by atoms with Crippen molar-refractivity contribution in [3.63, 3.8) is 0 Å². The Bertz CT molecular complexity index is 587. The van der Waals surface area contributed by atoms with E-state index < -0.39 is 16.3 Å². The van der Waals surface area contributed by atoms with Crippen LogP contribution in [0.15, 0.2) is 18.2 Å². The van der Waals surface area contributed by atoms with Crippen LogP contribution in [0.2, 0.25) is 0 Å². The molecule has 8 nitrogen and oxygen atoms in total. The van der Waals surface area contributed by atoms with Crippen molar-refractivity contribution < 1.29 is 27.8 Å². The van der Waals surface area contributed by atoms with Gasteiger partial charge in [0.05, 0.1) is 25.5 Å². The first-order valence-electron chi connectivity index (χ1n) is 6.25. The molecule has 9 heteroatoms. The summed E-state index contributed by atoms with van der Waals surface area (Å²) >= 11 is 0. The largest absolute Gasteiger partial charge is 0.494 e. The summed E-state index contributed by atoms with van der Waals surface area (Å²) in [7, 11) is -4.10. The number of carbonyl (C=O) groups excluding carboxylic acids is 1. The number of amides is 1. The van der Waals surface area contributed by atoms with E-state index in [4.69, 9.17) is 4.74 Å². The van der Waals surface area contributed by atoms with Crippen molar-refractivity contribution in [2.24, 2.45) is 0 Å². The molecule has 0 unspecified atom stereocenters. The van der Waals surface area contributed by atoms with E-state index >= 15 is 0 Å². The molecule has 0 aromatic heterocycles. The van der Waals surface area contributed by atoms with E-state index in [0.29, 0.717) is 17.9 Å². The standard InChI is InChI=1S/C12H18N2O6S/c1-3-19-11-6-5-10(7-9(11)8-15)13-21(17,18)14-12(16)20-4-2/h5-7,13,15H,3-4,8H2,1-2H3,(H,14,16).